The van der Waals surface area contributed by atoms with Gasteiger partial charge in [0.2, 0.25) is 15.9 Å². The molecule has 0 heterocycles. The highest BCUT2D eigenvalue weighted by Crippen LogP contribution is 2.24. The summed E-state index contributed by atoms with van der Waals surface area (Å²) >= 11 is 5.97. The molecule has 27 heavy (non-hydrogen) atoms. The normalized spacial score (nSPS) is 12.3. The summed E-state index contributed by atoms with van der Waals surface area (Å²) in [6.07, 6.45) is 1.06. The van der Waals surface area contributed by atoms with E-state index in [9.17, 15) is 13.2 Å². The predicted molar refractivity (Wildman–Crippen MR) is 108 cm³/mol. The smallest absolute Gasteiger partial charge is 0.243 e. The second kappa shape index (κ2) is 9.10. The fourth-order valence-corrected chi connectivity index (χ4v) is 4.02. The van der Waals surface area contributed by atoms with Gasteiger partial charge < -0.3 is 10.1 Å². The molecule has 0 saturated heterocycles. The van der Waals surface area contributed by atoms with Crippen LogP contribution in [0.5, 0.6) is 5.75 Å². The lowest BCUT2D eigenvalue weighted by Crippen LogP contribution is -2.47. The Labute approximate surface area is 165 Å². The van der Waals surface area contributed by atoms with Crippen LogP contribution in [0.2, 0.25) is 5.02 Å². The van der Waals surface area contributed by atoms with E-state index in [4.69, 9.17) is 16.3 Å². The summed E-state index contributed by atoms with van der Waals surface area (Å²) in [5.74, 6) is 0.302. The average Bonchev–Trinajstić information content (AvgIpc) is 2.59. The number of anilines is 1. The molecule has 1 N–H and O–H groups in total. The van der Waals surface area contributed by atoms with E-state index in [2.05, 4.69) is 5.32 Å². The molecule has 2 aromatic rings. The molecule has 1 unspecified atom stereocenters. The molecule has 0 bridgehead atoms. The summed E-state index contributed by atoms with van der Waals surface area (Å²) in [6, 6.07) is 12.8. The van der Waals surface area contributed by atoms with Crippen molar-refractivity contribution in [2.45, 2.75) is 26.4 Å². The van der Waals surface area contributed by atoms with Gasteiger partial charge in [0, 0.05) is 11.6 Å². The Morgan fingerprint density at radius 1 is 1.22 bits per heavy atom. The first-order valence-electron chi connectivity index (χ1n) is 8.46. The van der Waals surface area contributed by atoms with Gasteiger partial charge >= 0.3 is 0 Å². The molecule has 0 saturated carbocycles. The zero-order valence-corrected chi connectivity index (χ0v) is 17.0. The van der Waals surface area contributed by atoms with Crippen LogP contribution in [0.15, 0.2) is 48.5 Å². The minimum Gasteiger partial charge on any atom is -0.494 e. The lowest BCUT2D eigenvalue weighted by Gasteiger charge is -2.28. The van der Waals surface area contributed by atoms with Crippen molar-refractivity contribution < 1.29 is 17.9 Å². The maximum atomic E-state index is 12.6. The van der Waals surface area contributed by atoms with E-state index < -0.39 is 22.0 Å². The number of nitrogens with zero attached hydrogens (tertiary/aromatic N) is 1. The molecule has 146 valence electrons. The van der Waals surface area contributed by atoms with Gasteiger partial charge in [-0.25, -0.2) is 8.42 Å². The number of carbonyl (C=O) groups is 1. The second-order valence-corrected chi connectivity index (χ2v) is 8.31. The van der Waals surface area contributed by atoms with Gasteiger partial charge in [0.1, 0.15) is 11.8 Å². The van der Waals surface area contributed by atoms with Crippen molar-refractivity contribution in [3.8, 4) is 5.75 Å². The number of ether oxygens (including phenoxy) is 1. The van der Waals surface area contributed by atoms with Gasteiger partial charge in [-0.1, -0.05) is 29.8 Å². The number of nitrogens with one attached hydrogen (secondary N) is 1. The summed E-state index contributed by atoms with van der Waals surface area (Å²) < 4.78 is 31.0. The van der Waals surface area contributed by atoms with Crippen LogP contribution < -0.4 is 14.4 Å². The van der Waals surface area contributed by atoms with Gasteiger partial charge in [0.15, 0.2) is 0 Å². The molecule has 2 aromatic carbocycles. The van der Waals surface area contributed by atoms with Gasteiger partial charge in [-0.2, -0.15) is 0 Å². The molecule has 0 aromatic heterocycles. The van der Waals surface area contributed by atoms with Crippen molar-refractivity contribution >= 4 is 33.2 Å². The largest absolute Gasteiger partial charge is 0.494 e. The van der Waals surface area contributed by atoms with Crippen LogP contribution in [0.4, 0.5) is 5.69 Å². The summed E-state index contributed by atoms with van der Waals surface area (Å²) in [6.45, 7) is 4.24. The van der Waals surface area contributed by atoms with Crippen molar-refractivity contribution in [3.05, 3.63) is 59.1 Å². The number of benzene rings is 2. The van der Waals surface area contributed by atoms with E-state index in [0.717, 1.165) is 16.1 Å². The number of rotatable bonds is 8. The molecule has 6 nitrogen and oxygen atoms in total. The van der Waals surface area contributed by atoms with Crippen LogP contribution in [0, 0.1) is 0 Å². The van der Waals surface area contributed by atoms with E-state index in [0.29, 0.717) is 23.1 Å². The van der Waals surface area contributed by atoms with Crippen LogP contribution in [-0.4, -0.2) is 33.2 Å². The Hall–Kier alpha value is -2.25. The molecular weight excluding hydrogens is 388 g/mol. The second-order valence-electron chi connectivity index (χ2n) is 6.01. The maximum Gasteiger partial charge on any atom is 0.243 e. The molecule has 2 rings (SSSR count). The molecule has 0 fully saturated rings. The number of carbonyl (C=O) groups excluding carboxylic acids is 1. The van der Waals surface area contributed by atoms with E-state index >= 15 is 0 Å². The van der Waals surface area contributed by atoms with Gasteiger partial charge in [-0.15, -0.1) is 0 Å². The van der Waals surface area contributed by atoms with Crippen molar-refractivity contribution in [3.63, 3.8) is 0 Å². The van der Waals surface area contributed by atoms with Crippen molar-refractivity contribution in [2.24, 2.45) is 0 Å². The van der Waals surface area contributed by atoms with Gasteiger partial charge in [0.05, 0.1) is 18.6 Å². The van der Waals surface area contributed by atoms with Crippen LogP contribution >= 0.6 is 11.6 Å². The number of hydrogen-bond donors (Lipinski definition) is 1. The van der Waals surface area contributed by atoms with Gasteiger partial charge in [-0.05, 0) is 49.7 Å². The molecule has 1 amide bonds. The third-order valence-corrected chi connectivity index (χ3v) is 5.30. The van der Waals surface area contributed by atoms with Crippen molar-refractivity contribution in [1.29, 1.82) is 0 Å². The summed E-state index contributed by atoms with van der Waals surface area (Å²) in [7, 11) is -3.68. The lowest BCUT2D eigenvalue weighted by molar-refractivity contribution is -0.122. The third kappa shape index (κ3) is 5.87. The highest BCUT2D eigenvalue weighted by Gasteiger charge is 2.29. The average molecular weight is 411 g/mol. The fourth-order valence-electron chi connectivity index (χ4n) is 2.67. The number of hydrogen-bond acceptors (Lipinski definition) is 4. The first kappa shape index (κ1) is 21.1. The topological polar surface area (TPSA) is 75.7 Å². The van der Waals surface area contributed by atoms with Crippen LogP contribution in [0.3, 0.4) is 0 Å². The van der Waals surface area contributed by atoms with E-state index in [-0.39, 0.29) is 6.54 Å². The highest BCUT2D eigenvalue weighted by molar-refractivity contribution is 7.92. The standard InChI is InChI=1S/C19H23ClN2O4S/c1-4-26-18-10-5-7-15(11-18)13-21-19(23)14(2)22(27(3,24)25)17-9-6-8-16(20)12-17/h5-12,14H,4,13H2,1-3H3,(H,21,23). The Morgan fingerprint density at radius 3 is 2.56 bits per heavy atom. The highest BCUT2D eigenvalue weighted by atomic mass is 35.5. The molecular formula is C19H23ClN2O4S. The quantitative estimate of drug-likeness (QED) is 0.725. The van der Waals surface area contributed by atoms with Crippen LogP contribution in [-0.2, 0) is 21.4 Å². The lowest BCUT2D eigenvalue weighted by atomic mass is 10.2. The van der Waals surface area contributed by atoms with Gasteiger partial charge in [0.25, 0.3) is 0 Å². The number of halogens is 1. The van der Waals surface area contributed by atoms with E-state index in [1.54, 1.807) is 18.2 Å². The van der Waals surface area contributed by atoms with Crippen molar-refractivity contribution in [2.75, 3.05) is 17.2 Å². The molecule has 0 aliphatic carbocycles. The number of sulfonamides is 1. The van der Waals surface area contributed by atoms with E-state index in [1.165, 1.54) is 13.0 Å². The zero-order valence-electron chi connectivity index (χ0n) is 15.5. The molecule has 8 heteroatoms. The van der Waals surface area contributed by atoms with Crippen LogP contribution in [0.25, 0.3) is 0 Å². The summed E-state index contributed by atoms with van der Waals surface area (Å²) in [5.41, 5.74) is 1.20. The van der Waals surface area contributed by atoms with Crippen LogP contribution in [0.1, 0.15) is 19.4 Å². The fraction of sp³-hybridized carbons (Fsp3) is 0.316. The Morgan fingerprint density at radius 2 is 1.93 bits per heavy atom. The molecule has 0 aliphatic heterocycles. The molecule has 1 atom stereocenters. The first-order valence-corrected chi connectivity index (χ1v) is 10.7. The minimum absolute atomic E-state index is 0.261. The first-order chi connectivity index (χ1) is 12.7. The zero-order chi connectivity index (χ0) is 20.0. The molecule has 0 radical (unpaired) electrons. The van der Waals surface area contributed by atoms with E-state index in [1.807, 2.05) is 31.2 Å². The SMILES string of the molecule is CCOc1cccc(CNC(=O)C(C)N(c2cccc(Cl)c2)S(C)(=O)=O)c1. The Kier molecular flexibility index (Phi) is 7.10. The monoisotopic (exact) mass is 410 g/mol. The maximum absolute atomic E-state index is 12.6. The predicted octanol–water partition coefficient (Wildman–Crippen LogP) is 3.21. The Bertz CT molecular complexity index is 902. The molecule has 0 spiro atoms. The number of amides is 1. The van der Waals surface area contributed by atoms with Gasteiger partial charge in [-0.3, -0.25) is 9.10 Å². The summed E-state index contributed by atoms with van der Waals surface area (Å²) in [5, 5.41) is 3.16. The Balaban J connectivity index is 2.14. The minimum atomic E-state index is -3.68. The summed E-state index contributed by atoms with van der Waals surface area (Å²) in [4.78, 5) is 12.6. The van der Waals surface area contributed by atoms with Crippen molar-refractivity contribution in [1.82, 2.24) is 5.32 Å². The molecule has 0 aliphatic rings. The third-order valence-electron chi connectivity index (χ3n) is 3.83.